The second-order valence-corrected chi connectivity index (χ2v) is 5.41. The first-order valence-corrected chi connectivity index (χ1v) is 6.10. The lowest BCUT2D eigenvalue weighted by molar-refractivity contribution is -0.134. The van der Waals surface area contributed by atoms with E-state index in [1.165, 1.54) is 0 Å². The summed E-state index contributed by atoms with van der Waals surface area (Å²) in [6, 6.07) is 0.238. The Labute approximate surface area is 99.0 Å². The van der Waals surface area contributed by atoms with Gasteiger partial charge in [0.05, 0.1) is 6.04 Å². The van der Waals surface area contributed by atoms with Gasteiger partial charge in [-0.2, -0.15) is 0 Å². The summed E-state index contributed by atoms with van der Waals surface area (Å²) in [5.74, 6) is 0.770. The number of hydrogen-bond acceptors (Lipinski definition) is 3. The Morgan fingerprint density at radius 1 is 1.50 bits per heavy atom. The van der Waals surface area contributed by atoms with Gasteiger partial charge in [0.15, 0.2) is 0 Å². The second kappa shape index (κ2) is 5.64. The molecule has 0 aliphatic carbocycles. The minimum atomic E-state index is -0.0534. The van der Waals surface area contributed by atoms with Crippen molar-refractivity contribution in [3.8, 4) is 0 Å². The lowest BCUT2D eigenvalue weighted by Crippen LogP contribution is -2.50. The zero-order valence-electron chi connectivity index (χ0n) is 11.2. The summed E-state index contributed by atoms with van der Waals surface area (Å²) in [5, 5.41) is 3.36. The number of carbonyl (C=O) groups excluding carboxylic acids is 1. The molecule has 4 heteroatoms. The van der Waals surface area contributed by atoms with Crippen LogP contribution in [0.25, 0.3) is 0 Å². The van der Waals surface area contributed by atoms with Crippen molar-refractivity contribution in [1.29, 1.82) is 0 Å². The van der Waals surface area contributed by atoms with Crippen LogP contribution in [0.4, 0.5) is 0 Å². The summed E-state index contributed by atoms with van der Waals surface area (Å²) in [4.78, 5) is 16.4. The number of nitrogens with zero attached hydrogens (tertiary/aromatic N) is 2. The highest BCUT2D eigenvalue weighted by Gasteiger charge is 2.30. The van der Waals surface area contributed by atoms with Gasteiger partial charge in [0.25, 0.3) is 0 Å². The van der Waals surface area contributed by atoms with E-state index in [9.17, 15) is 4.79 Å². The zero-order valence-corrected chi connectivity index (χ0v) is 11.2. The SMILES string of the molecule is CC1CNC(CN(C)C)C(=O)N(C(C)C)C1. The maximum absolute atomic E-state index is 12.3. The van der Waals surface area contributed by atoms with Gasteiger partial charge in [-0.25, -0.2) is 0 Å². The minimum absolute atomic E-state index is 0.0534. The first-order valence-electron chi connectivity index (χ1n) is 6.10. The fraction of sp³-hybridized carbons (Fsp3) is 0.917. The molecular formula is C12H25N3O. The Bertz CT molecular complexity index is 240. The molecule has 1 N–H and O–H groups in total. The monoisotopic (exact) mass is 227 g/mol. The molecule has 94 valence electrons. The van der Waals surface area contributed by atoms with E-state index in [1.54, 1.807) is 0 Å². The molecule has 4 nitrogen and oxygen atoms in total. The molecule has 0 aromatic carbocycles. The number of hydrogen-bond donors (Lipinski definition) is 1. The topological polar surface area (TPSA) is 35.6 Å². The van der Waals surface area contributed by atoms with E-state index in [0.717, 1.165) is 19.6 Å². The third-order valence-electron chi connectivity index (χ3n) is 2.97. The third kappa shape index (κ3) is 3.46. The Hall–Kier alpha value is -0.610. The molecule has 0 aromatic rings. The maximum Gasteiger partial charge on any atom is 0.241 e. The van der Waals surface area contributed by atoms with E-state index in [0.29, 0.717) is 12.0 Å². The van der Waals surface area contributed by atoms with Gasteiger partial charge in [0, 0.05) is 25.7 Å². The molecule has 0 saturated carbocycles. The number of carbonyl (C=O) groups is 1. The van der Waals surface area contributed by atoms with Crippen molar-refractivity contribution < 1.29 is 4.79 Å². The number of nitrogens with one attached hydrogen (secondary N) is 1. The van der Waals surface area contributed by atoms with Crippen LogP contribution in [0.2, 0.25) is 0 Å². The molecule has 1 rings (SSSR count). The predicted molar refractivity (Wildman–Crippen MR) is 66.4 cm³/mol. The van der Waals surface area contributed by atoms with Crippen molar-refractivity contribution in [2.75, 3.05) is 33.7 Å². The minimum Gasteiger partial charge on any atom is -0.339 e. The van der Waals surface area contributed by atoms with Crippen LogP contribution in [0.5, 0.6) is 0 Å². The average molecular weight is 227 g/mol. The average Bonchev–Trinajstić information content (AvgIpc) is 2.30. The van der Waals surface area contributed by atoms with Gasteiger partial charge in [-0.15, -0.1) is 0 Å². The normalized spacial score (nSPS) is 27.7. The zero-order chi connectivity index (χ0) is 12.3. The Kier molecular flexibility index (Phi) is 4.74. The van der Waals surface area contributed by atoms with Crippen molar-refractivity contribution in [2.45, 2.75) is 32.9 Å². The van der Waals surface area contributed by atoms with E-state index in [1.807, 2.05) is 19.0 Å². The Balaban J connectivity index is 2.75. The van der Waals surface area contributed by atoms with Crippen LogP contribution in [0.3, 0.4) is 0 Å². The van der Waals surface area contributed by atoms with E-state index in [2.05, 4.69) is 31.0 Å². The molecule has 2 atom stereocenters. The highest BCUT2D eigenvalue weighted by atomic mass is 16.2. The van der Waals surface area contributed by atoms with Crippen molar-refractivity contribution in [1.82, 2.24) is 15.1 Å². The summed E-state index contributed by atoms with van der Waals surface area (Å²) in [7, 11) is 4.01. The number of amides is 1. The molecule has 16 heavy (non-hydrogen) atoms. The van der Waals surface area contributed by atoms with E-state index in [-0.39, 0.29) is 11.9 Å². The van der Waals surface area contributed by atoms with Crippen LogP contribution >= 0.6 is 0 Å². The first-order chi connectivity index (χ1) is 7.41. The molecule has 1 saturated heterocycles. The van der Waals surface area contributed by atoms with E-state index >= 15 is 0 Å². The van der Waals surface area contributed by atoms with Crippen LogP contribution in [-0.2, 0) is 4.79 Å². The molecule has 0 aromatic heterocycles. The molecule has 1 amide bonds. The first kappa shape index (κ1) is 13.5. The summed E-state index contributed by atoms with van der Waals surface area (Å²) >= 11 is 0. The van der Waals surface area contributed by atoms with Crippen molar-refractivity contribution in [3.63, 3.8) is 0 Å². The van der Waals surface area contributed by atoms with Gasteiger partial charge in [-0.05, 0) is 33.9 Å². The summed E-state index contributed by atoms with van der Waals surface area (Å²) in [6.45, 7) is 8.93. The molecule has 1 fully saturated rings. The molecule has 0 radical (unpaired) electrons. The number of rotatable bonds is 3. The molecular weight excluding hydrogens is 202 g/mol. The van der Waals surface area contributed by atoms with Gasteiger partial charge in [0.2, 0.25) is 5.91 Å². The second-order valence-electron chi connectivity index (χ2n) is 5.41. The lowest BCUT2D eigenvalue weighted by atomic mass is 10.1. The van der Waals surface area contributed by atoms with Crippen molar-refractivity contribution >= 4 is 5.91 Å². The van der Waals surface area contributed by atoms with Crippen molar-refractivity contribution in [3.05, 3.63) is 0 Å². The van der Waals surface area contributed by atoms with Crippen LogP contribution in [0.1, 0.15) is 20.8 Å². The molecule has 1 aliphatic heterocycles. The van der Waals surface area contributed by atoms with Gasteiger partial charge in [-0.3, -0.25) is 4.79 Å². The van der Waals surface area contributed by atoms with Crippen LogP contribution in [-0.4, -0.2) is 61.5 Å². The summed E-state index contributed by atoms with van der Waals surface area (Å²) in [5.41, 5.74) is 0. The highest BCUT2D eigenvalue weighted by Crippen LogP contribution is 2.11. The highest BCUT2D eigenvalue weighted by molar-refractivity contribution is 5.82. The van der Waals surface area contributed by atoms with E-state index < -0.39 is 0 Å². The lowest BCUT2D eigenvalue weighted by Gasteiger charge is -2.29. The quantitative estimate of drug-likeness (QED) is 0.758. The standard InChI is InChI=1S/C12H25N3O/c1-9(2)15-7-10(3)6-13-11(12(15)16)8-14(4)5/h9-11,13H,6-8H2,1-5H3. The Morgan fingerprint density at radius 2 is 2.12 bits per heavy atom. The third-order valence-corrected chi connectivity index (χ3v) is 2.97. The largest absolute Gasteiger partial charge is 0.339 e. The predicted octanol–water partition coefficient (Wildman–Crippen LogP) is 0.393. The molecule has 1 aliphatic rings. The van der Waals surface area contributed by atoms with Gasteiger partial charge < -0.3 is 15.1 Å². The van der Waals surface area contributed by atoms with E-state index in [4.69, 9.17) is 0 Å². The molecule has 0 spiro atoms. The smallest absolute Gasteiger partial charge is 0.241 e. The van der Waals surface area contributed by atoms with Crippen molar-refractivity contribution in [2.24, 2.45) is 5.92 Å². The molecule has 2 unspecified atom stereocenters. The molecule has 0 bridgehead atoms. The number of likely N-dealkylation sites (N-methyl/N-ethyl adjacent to an activating group) is 1. The fourth-order valence-electron chi connectivity index (χ4n) is 2.09. The van der Waals surface area contributed by atoms with Crippen LogP contribution in [0, 0.1) is 5.92 Å². The summed E-state index contributed by atoms with van der Waals surface area (Å²) < 4.78 is 0. The maximum atomic E-state index is 12.3. The van der Waals surface area contributed by atoms with Gasteiger partial charge >= 0.3 is 0 Å². The van der Waals surface area contributed by atoms with Gasteiger partial charge in [0.1, 0.15) is 0 Å². The van der Waals surface area contributed by atoms with Gasteiger partial charge in [-0.1, -0.05) is 6.92 Å². The van der Waals surface area contributed by atoms with Crippen LogP contribution < -0.4 is 5.32 Å². The summed E-state index contributed by atoms with van der Waals surface area (Å²) in [6.07, 6.45) is 0. The Morgan fingerprint density at radius 3 is 2.62 bits per heavy atom. The fourth-order valence-corrected chi connectivity index (χ4v) is 2.09. The van der Waals surface area contributed by atoms with Crippen LogP contribution in [0.15, 0.2) is 0 Å². The molecule has 1 heterocycles.